The molecule has 0 aliphatic rings. The first kappa shape index (κ1) is 17.2. The van der Waals surface area contributed by atoms with Gasteiger partial charge in [0.05, 0.1) is 4.90 Å². The Labute approximate surface area is 121 Å². The van der Waals surface area contributed by atoms with Crippen molar-refractivity contribution in [2.75, 3.05) is 12.8 Å². The third-order valence-corrected chi connectivity index (χ3v) is 5.78. The maximum absolute atomic E-state index is 13.3. The minimum atomic E-state index is -3.70. The minimum absolute atomic E-state index is 0.0235. The van der Waals surface area contributed by atoms with Crippen molar-refractivity contribution in [1.82, 2.24) is 4.72 Å². The largest absolute Gasteiger partial charge is 0.326 e. The SMILES string of the molecule is CC(CCNS(=O)(=O)c1ccc(F)c(CN)c1)S(C)=O. The van der Waals surface area contributed by atoms with Crippen molar-refractivity contribution >= 4 is 20.8 Å². The summed E-state index contributed by atoms with van der Waals surface area (Å²) in [6, 6.07) is 3.50. The second-order valence-electron chi connectivity index (χ2n) is 4.45. The second kappa shape index (κ2) is 7.26. The topological polar surface area (TPSA) is 89.3 Å². The summed E-state index contributed by atoms with van der Waals surface area (Å²) in [4.78, 5) is -0.0235. The zero-order chi connectivity index (χ0) is 15.3. The Bertz CT molecular complexity index is 590. The summed E-state index contributed by atoms with van der Waals surface area (Å²) < 4.78 is 50.9. The number of nitrogens with one attached hydrogen (secondary N) is 1. The molecule has 0 heterocycles. The molecule has 1 aromatic rings. The van der Waals surface area contributed by atoms with Gasteiger partial charge in [-0.3, -0.25) is 4.21 Å². The van der Waals surface area contributed by atoms with Crippen LogP contribution in [-0.2, 0) is 27.4 Å². The quantitative estimate of drug-likeness (QED) is 0.774. The predicted octanol–water partition coefficient (Wildman–Crippen LogP) is 0.720. The molecule has 8 heteroatoms. The molecule has 0 saturated heterocycles. The number of hydrogen-bond donors (Lipinski definition) is 2. The lowest BCUT2D eigenvalue weighted by molar-refractivity contribution is 0.576. The highest BCUT2D eigenvalue weighted by Crippen LogP contribution is 2.14. The maximum atomic E-state index is 13.3. The average molecular weight is 322 g/mol. The zero-order valence-corrected chi connectivity index (χ0v) is 13.1. The van der Waals surface area contributed by atoms with Crippen LogP contribution in [0, 0.1) is 5.82 Å². The van der Waals surface area contributed by atoms with Gasteiger partial charge in [-0.2, -0.15) is 0 Å². The summed E-state index contributed by atoms with van der Waals surface area (Å²) in [5.74, 6) is -0.526. The molecule has 0 amide bonds. The van der Waals surface area contributed by atoms with Gasteiger partial charge in [0, 0.05) is 41.0 Å². The third-order valence-electron chi connectivity index (χ3n) is 2.96. The molecule has 0 fully saturated rings. The molecule has 0 aromatic heterocycles. The second-order valence-corrected chi connectivity index (χ2v) is 8.02. The highest BCUT2D eigenvalue weighted by atomic mass is 32.2. The van der Waals surface area contributed by atoms with Gasteiger partial charge in [-0.1, -0.05) is 6.92 Å². The van der Waals surface area contributed by atoms with Crippen LogP contribution in [0.4, 0.5) is 4.39 Å². The normalized spacial score (nSPS) is 15.0. The molecule has 114 valence electrons. The van der Waals surface area contributed by atoms with E-state index < -0.39 is 26.6 Å². The summed E-state index contributed by atoms with van der Waals surface area (Å²) in [7, 11) is -4.69. The third kappa shape index (κ3) is 4.62. The summed E-state index contributed by atoms with van der Waals surface area (Å²) in [5, 5.41) is -0.0921. The molecule has 1 aromatic carbocycles. The number of hydrogen-bond acceptors (Lipinski definition) is 4. The highest BCUT2D eigenvalue weighted by Gasteiger charge is 2.16. The fraction of sp³-hybridized carbons (Fsp3) is 0.500. The van der Waals surface area contributed by atoms with Crippen LogP contribution in [0.25, 0.3) is 0 Å². The number of rotatable bonds is 7. The van der Waals surface area contributed by atoms with E-state index in [1.807, 2.05) is 0 Å². The highest BCUT2D eigenvalue weighted by molar-refractivity contribution is 7.89. The molecule has 5 nitrogen and oxygen atoms in total. The molecule has 0 aliphatic heterocycles. The van der Waals surface area contributed by atoms with E-state index in [0.29, 0.717) is 6.42 Å². The summed E-state index contributed by atoms with van der Waals surface area (Å²) in [6.45, 7) is 1.90. The van der Waals surface area contributed by atoms with Crippen LogP contribution < -0.4 is 10.5 Å². The number of sulfonamides is 1. The van der Waals surface area contributed by atoms with Crippen molar-refractivity contribution in [2.45, 2.75) is 30.0 Å². The van der Waals surface area contributed by atoms with E-state index in [-0.39, 0.29) is 28.8 Å². The Morgan fingerprint density at radius 1 is 1.45 bits per heavy atom. The van der Waals surface area contributed by atoms with Crippen LogP contribution in [0.3, 0.4) is 0 Å². The van der Waals surface area contributed by atoms with Crippen molar-refractivity contribution in [2.24, 2.45) is 5.73 Å². The van der Waals surface area contributed by atoms with E-state index in [1.165, 1.54) is 12.1 Å². The van der Waals surface area contributed by atoms with Gasteiger partial charge >= 0.3 is 0 Å². The van der Waals surface area contributed by atoms with Crippen molar-refractivity contribution in [3.63, 3.8) is 0 Å². The minimum Gasteiger partial charge on any atom is -0.326 e. The molecule has 3 N–H and O–H groups in total. The van der Waals surface area contributed by atoms with Gasteiger partial charge in [0.2, 0.25) is 10.0 Å². The first-order valence-corrected chi connectivity index (χ1v) is 9.18. The van der Waals surface area contributed by atoms with Gasteiger partial charge in [-0.15, -0.1) is 0 Å². The van der Waals surface area contributed by atoms with Gasteiger partial charge in [0.25, 0.3) is 0 Å². The Morgan fingerprint density at radius 2 is 2.10 bits per heavy atom. The van der Waals surface area contributed by atoms with Crippen LogP contribution in [-0.4, -0.2) is 30.7 Å². The van der Waals surface area contributed by atoms with E-state index in [2.05, 4.69) is 4.72 Å². The average Bonchev–Trinajstić information content (AvgIpc) is 2.38. The first-order valence-electron chi connectivity index (χ1n) is 6.08. The van der Waals surface area contributed by atoms with Gasteiger partial charge in [-0.05, 0) is 24.6 Å². The van der Waals surface area contributed by atoms with Crippen molar-refractivity contribution in [3.8, 4) is 0 Å². The van der Waals surface area contributed by atoms with Crippen LogP contribution >= 0.6 is 0 Å². The zero-order valence-electron chi connectivity index (χ0n) is 11.4. The molecule has 0 bridgehead atoms. The molecule has 0 saturated carbocycles. The smallest absolute Gasteiger partial charge is 0.240 e. The predicted molar refractivity (Wildman–Crippen MR) is 77.6 cm³/mol. The van der Waals surface area contributed by atoms with Crippen LogP contribution in [0.5, 0.6) is 0 Å². The first-order chi connectivity index (χ1) is 9.27. The maximum Gasteiger partial charge on any atom is 0.240 e. The van der Waals surface area contributed by atoms with E-state index >= 15 is 0 Å². The van der Waals surface area contributed by atoms with Gasteiger partial charge < -0.3 is 5.73 Å². The van der Waals surface area contributed by atoms with Crippen LogP contribution in [0.2, 0.25) is 0 Å². The summed E-state index contributed by atoms with van der Waals surface area (Å²) >= 11 is 0. The number of benzene rings is 1. The molecule has 1 rings (SSSR count). The van der Waals surface area contributed by atoms with E-state index in [0.717, 1.165) is 6.07 Å². The van der Waals surface area contributed by atoms with Crippen molar-refractivity contribution < 1.29 is 17.0 Å². The molecular formula is C12H19FN2O3S2. The summed E-state index contributed by atoms with van der Waals surface area (Å²) in [6.07, 6.45) is 2.04. The number of nitrogens with two attached hydrogens (primary N) is 1. The molecule has 20 heavy (non-hydrogen) atoms. The fourth-order valence-electron chi connectivity index (χ4n) is 1.52. The lowest BCUT2D eigenvalue weighted by Crippen LogP contribution is -2.27. The Kier molecular flexibility index (Phi) is 6.25. The van der Waals surface area contributed by atoms with Crippen LogP contribution in [0.1, 0.15) is 18.9 Å². The van der Waals surface area contributed by atoms with Gasteiger partial charge in [0.15, 0.2) is 0 Å². The van der Waals surface area contributed by atoms with Crippen LogP contribution in [0.15, 0.2) is 23.1 Å². The lowest BCUT2D eigenvalue weighted by atomic mass is 10.2. The lowest BCUT2D eigenvalue weighted by Gasteiger charge is -2.11. The van der Waals surface area contributed by atoms with Crippen molar-refractivity contribution in [3.05, 3.63) is 29.6 Å². The van der Waals surface area contributed by atoms with Crippen molar-refractivity contribution in [1.29, 1.82) is 0 Å². The Morgan fingerprint density at radius 3 is 2.65 bits per heavy atom. The summed E-state index contributed by atoms with van der Waals surface area (Å²) in [5.41, 5.74) is 5.50. The van der Waals surface area contributed by atoms with Gasteiger partial charge in [0.1, 0.15) is 5.82 Å². The molecular weight excluding hydrogens is 303 g/mol. The molecule has 0 radical (unpaired) electrons. The fourth-order valence-corrected chi connectivity index (χ4v) is 3.07. The molecule has 0 spiro atoms. The monoisotopic (exact) mass is 322 g/mol. The molecule has 2 unspecified atom stereocenters. The van der Waals surface area contributed by atoms with E-state index in [4.69, 9.17) is 5.73 Å². The molecule has 2 atom stereocenters. The Balaban J connectivity index is 2.76. The van der Waals surface area contributed by atoms with E-state index in [1.54, 1.807) is 13.2 Å². The van der Waals surface area contributed by atoms with E-state index in [9.17, 15) is 17.0 Å². The van der Waals surface area contributed by atoms with Gasteiger partial charge in [-0.25, -0.2) is 17.5 Å². The Hall–Kier alpha value is -0.830. The number of halogens is 1. The standard InChI is InChI=1S/C12H19FN2O3S2/c1-9(19(2)16)5-6-15-20(17,18)11-3-4-12(13)10(7-11)8-14/h3-4,7,9,15H,5-6,8,14H2,1-2H3. The molecule has 0 aliphatic carbocycles.